The Labute approximate surface area is 141 Å². The van der Waals surface area contributed by atoms with Crippen molar-refractivity contribution in [2.24, 2.45) is 0 Å². The molecule has 0 bridgehead atoms. The molecule has 0 fully saturated rings. The molecular weight excluding hydrogens is 332 g/mol. The number of carbonyl (C=O) groups is 1. The number of halogens is 1. The van der Waals surface area contributed by atoms with Gasteiger partial charge >= 0.3 is 11.7 Å². The van der Waals surface area contributed by atoms with E-state index in [1.807, 2.05) is 0 Å². The van der Waals surface area contributed by atoms with E-state index in [1.54, 1.807) is 36.4 Å². The number of imidazole rings is 1. The van der Waals surface area contributed by atoms with Crippen molar-refractivity contribution in [2.45, 2.75) is 18.8 Å². The van der Waals surface area contributed by atoms with Crippen molar-refractivity contribution in [2.75, 3.05) is 0 Å². The predicted octanol–water partition coefficient (Wildman–Crippen LogP) is 2.26. The maximum atomic E-state index is 12.4. The molecule has 0 saturated heterocycles. The predicted molar refractivity (Wildman–Crippen MR) is 88.2 cm³/mol. The van der Waals surface area contributed by atoms with E-state index in [0.29, 0.717) is 27.2 Å². The summed E-state index contributed by atoms with van der Waals surface area (Å²) >= 11 is 5.90. The summed E-state index contributed by atoms with van der Waals surface area (Å²) in [5.74, 6) is -0.579. The zero-order valence-corrected chi connectivity index (χ0v) is 13.2. The normalized spacial score (nSPS) is 19.4. The molecule has 2 atom stereocenters. The number of ether oxygens (including phenoxy) is 1. The first kappa shape index (κ1) is 15.0. The lowest BCUT2D eigenvalue weighted by Gasteiger charge is -2.28. The molecule has 0 amide bonds. The second-order valence-electron chi connectivity index (χ2n) is 5.69. The van der Waals surface area contributed by atoms with Crippen molar-refractivity contribution in [3.8, 4) is 0 Å². The van der Waals surface area contributed by atoms with Gasteiger partial charge in [-0.1, -0.05) is 29.8 Å². The van der Waals surface area contributed by atoms with Crippen molar-refractivity contribution in [1.82, 2.24) is 9.55 Å². The second kappa shape index (κ2) is 5.51. The maximum absolute atomic E-state index is 12.4. The van der Waals surface area contributed by atoms with E-state index in [0.717, 1.165) is 0 Å². The molecule has 3 aromatic rings. The molecule has 0 radical (unpaired) electrons. The highest BCUT2D eigenvalue weighted by atomic mass is 35.5. The van der Waals surface area contributed by atoms with Crippen LogP contribution >= 0.6 is 11.6 Å². The number of aliphatic hydroxyl groups excluding tert-OH is 1. The van der Waals surface area contributed by atoms with Gasteiger partial charge in [0, 0.05) is 10.6 Å². The van der Waals surface area contributed by atoms with Crippen molar-refractivity contribution in [1.29, 1.82) is 0 Å². The summed E-state index contributed by atoms with van der Waals surface area (Å²) in [6.45, 7) is 0.0589. The Kier molecular flexibility index (Phi) is 3.44. The van der Waals surface area contributed by atoms with Crippen molar-refractivity contribution in [3.05, 3.63) is 69.1 Å². The molecule has 2 aromatic carbocycles. The van der Waals surface area contributed by atoms with Crippen molar-refractivity contribution < 1.29 is 14.6 Å². The fourth-order valence-electron chi connectivity index (χ4n) is 3.08. The molecule has 1 aromatic heterocycles. The van der Waals surface area contributed by atoms with E-state index < -0.39 is 18.2 Å². The molecule has 122 valence electrons. The molecule has 0 aliphatic carbocycles. The van der Waals surface area contributed by atoms with Crippen LogP contribution in [0.1, 0.15) is 22.0 Å². The number of para-hydroxylation sites is 1. The molecule has 6 nitrogen and oxygen atoms in total. The third-order valence-electron chi connectivity index (χ3n) is 4.14. The summed E-state index contributed by atoms with van der Waals surface area (Å²) in [5.41, 5.74) is 1.90. The summed E-state index contributed by atoms with van der Waals surface area (Å²) < 4.78 is 6.98. The number of rotatable bonds is 2. The smallest absolute Gasteiger partial charge is 0.338 e. The Balaban J connectivity index is 1.75. The molecule has 2 unspecified atom stereocenters. The van der Waals surface area contributed by atoms with Gasteiger partial charge in [-0.15, -0.1) is 0 Å². The largest absolute Gasteiger partial charge is 0.451 e. The molecule has 2 N–H and O–H groups in total. The van der Waals surface area contributed by atoms with E-state index >= 15 is 0 Å². The number of aromatic nitrogens is 2. The molecule has 0 saturated carbocycles. The third kappa shape index (κ3) is 2.31. The fraction of sp³-hybridized carbons (Fsp3) is 0.176. The Morgan fingerprint density at radius 1 is 1.29 bits per heavy atom. The molecular formula is C17H13ClN2O4. The average Bonchev–Trinajstić information content (AvgIpc) is 2.88. The number of hydrogen-bond donors (Lipinski definition) is 2. The number of benzene rings is 2. The lowest BCUT2D eigenvalue weighted by Crippen LogP contribution is -2.35. The van der Waals surface area contributed by atoms with E-state index in [9.17, 15) is 14.7 Å². The van der Waals surface area contributed by atoms with Crippen LogP contribution < -0.4 is 5.69 Å². The van der Waals surface area contributed by atoms with Crippen LogP contribution in [0, 0.1) is 0 Å². The van der Waals surface area contributed by atoms with Gasteiger partial charge in [0.2, 0.25) is 0 Å². The Hall–Kier alpha value is -2.57. The number of hydrogen-bond acceptors (Lipinski definition) is 4. The summed E-state index contributed by atoms with van der Waals surface area (Å²) in [7, 11) is 0. The minimum absolute atomic E-state index is 0.0589. The zero-order valence-electron chi connectivity index (χ0n) is 12.4. The van der Waals surface area contributed by atoms with Crippen molar-refractivity contribution in [3.63, 3.8) is 0 Å². The summed E-state index contributed by atoms with van der Waals surface area (Å²) in [6.07, 6.45) is -1.87. The van der Waals surface area contributed by atoms with E-state index in [-0.39, 0.29) is 12.2 Å². The quantitative estimate of drug-likeness (QED) is 0.698. The Morgan fingerprint density at radius 2 is 2.08 bits per heavy atom. The Bertz CT molecular complexity index is 1010. The van der Waals surface area contributed by atoms with Gasteiger partial charge in [-0.05, 0) is 24.3 Å². The van der Waals surface area contributed by atoms with E-state index in [2.05, 4.69) is 4.98 Å². The fourth-order valence-corrected chi connectivity index (χ4v) is 3.27. The Morgan fingerprint density at radius 3 is 2.88 bits per heavy atom. The SMILES string of the molecule is O=C(OC1c2cccc3[nH]c(=O)n(c23)CC1O)c1cccc(Cl)c1. The summed E-state index contributed by atoms with van der Waals surface area (Å²) in [4.78, 5) is 27.1. The highest BCUT2D eigenvalue weighted by Crippen LogP contribution is 2.33. The topological polar surface area (TPSA) is 84.3 Å². The van der Waals surface area contributed by atoms with Gasteiger partial charge in [-0.2, -0.15) is 0 Å². The van der Waals surface area contributed by atoms with Crippen LogP contribution in [0.3, 0.4) is 0 Å². The lowest BCUT2D eigenvalue weighted by molar-refractivity contribution is -0.0281. The zero-order chi connectivity index (χ0) is 16.8. The van der Waals surface area contributed by atoms with Crippen molar-refractivity contribution >= 4 is 28.6 Å². The molecule has 1 aliphatic heterocycles. The maximum Gasteiger partial charge on any atom is 0.338 e. The monoisotopic (exact) mass is 344 g/mol. The molecule has 2 heterocycles. The second-order valence-corrected chi connectivity index (χ2v) is 6.12. The molecule has 1 aliphatic rings. The van der Waals surface area contributed by atoms with E-state index in [4.69, 9.17) is 16.3 Å². The van der Waals surface area contributed by atoms with Gasteiger partial charge in [0.25, 0.3) is 0 Å². The molecule has 0 spiro atoms. The number of aromatic amines is 1. The lowest BCUT2D eigenvalue weighted by atomic mass is 9.99. The van der Waals surface area contributed by atoms with Gasteiger partial charge in [0.1, 0.15) is 6.10 Å². The van der Waals surface area contributed by atoms with Crippen LogP contribution in [-0.2, 0) is 11.3 Å². The molecule has 7 heteroatoms. The van der Waals surface area contributed by atoms with Gasteiger partial charge in [0.15, 0.2) is 6.10 Å². The number of esters is 1. The molecule has 24 heavy (non-hydrogen) atoms. The molecule has 4 rings (SSSR count). The first-order valence-electron chi connectivity index (χ1n) is 7.40. The van der Waals surface area contributed by atoms with Gasteiger partial charge in [-0.3, -0.25) is 4.57 Å². The summed E-state index contributed by atoms with van der Waals surface area (Å²) in [5, 5.41) is 10.8. The van der Waals surface area contributed by atoms with Crippen LogP contribution in [0.4, 0.5) is 0 Å². The highest BCUT2D eigenvalue weighted by molar-refractivity contribution is 6.30. The standard InChI is InChI=1S/C17H13ClN2O4/c18-10-4-1-3-9(7-10)16(22)24-15-11-5-2-6-12-14(11)20(8-13(15)21)17(23)19-12/h1-7,13,15,21H,8H2,(H,19,23). The first-order valence-corrected chi connectivity index (χ1v) is 7.78. The first-order chi connectivity index (χ1) is 11.5. The van der Waals surface area contributed by atoms with Gasteiger partial charge < -0.3 is 14.8 Å². The van der Waals surface area contributed by atoms with Crippen LogP contribution in [0.5, 0.6) is 0 Å². The van der Waals surface area contributed by atoms with Crippen LogP contribution in [0.2, 0.25) is 5.02 Å². The van der Waals surface area contributed by atoms with E-state index in [1.165, 1.54) is 10.6 Å². The number of carbonyl (C=O) groups excluding carboxylic acids is 1. The number of aliphatic hydroxyl groups is 1. The van der Waals surface area contributed by atoms with Crippen LogP contribution in [0.15, 0.2) is 47.3 Å². The third-order valence-corrected chi connectivity index (χ3v) is 4.38. The van der Waals surface area contributed by atoms with Crippen LogP contribution in [-0.4, -0.2) is 26.7 Å². The van der Waals surface area contributed by atoms with Crippen LogP contribution in [0.25, 0.3) is 11.0 Å². The number of nitrogens with zero attached hydrogens (tertiary/aromatic N) is 1. The highest BCUT2D eigenvalue weighted by Gasteiger charge is 2.34. The summed E-state index contributed by atoms with van der Waals surface area (Å²) in [6, 6.07) is 11.7. The number of nitrogens with one attached hydrogen (secondary N) is 1. The minimum atomic E-state index is -1.01. The minimum Gasteiger partial charge on any atom is -0.451 e. The van der Waals surface area contributed by atoms with Gasteiger partial charge in [-0.25, -0.2) is 9.59 Å². The average molecular weight is 345 g/mol. The number of H-pyrrole nitrogens is 1. The van der Waals surface area contributed by atoms with Gasteiger partial charge in [0.05, 0.1) is 23.1 Å².